The monoisotopic (exact) mass is 745 g/mol. The molecule has 12 heteroatoms. The van der Waals surface area contributed by atoms with Crippen LogP contribution in [-0.4, -0.2) is 64.2 Å². The van der Waals surface area contributed by atoms with Crippen LogP contribution in [0.1, 0.15) is 112 Å². The summed E-state index contributed by atoms with van der Waals surface area (Å²) < 4.78 is 92.8. The molecule has 0 amide bonds. The van der Waals surface area contributed by atoms with E-state index in [4.69, 9.17) is 4.18 Å². The van der Waals surface area contributed by atoms with Gasteiger partial charge in [-0.2, -0.15) is 21.6 Å². The lowest BCUT2D eigenvalue weighted by Gasteiger charge is -2.72. The van der Waals surface area contributed by atoms with Gasteiger partial charge in [0.25, 0.3) is 0 Å². The van der Waals surface area contributed by atoms with Crippen LogP contribution in [0.3, 0.4) is 0 Å². The van der Waals surface area contributed by atoms with Crippen LogP contribution in [0.4, 0.5) is 13.2 Å². The van der Waals surface area contributed by atoms with Crippen LogP contribution >= 0.6 is 0 Å². The summed E-state index contributed by atoms with van der Waals surface area (Å²) in [6.45, 7) is 19.2. The fourth-order valence-corrected chi connectivity index (χ4v) is 15.1. The van der Waals surface area contributed by atoms with Crippen molar-refractivity contribution in [2.24, 2.45) is 56.7 Å². The Morgan fingerprint density at radius 1 is 0.960 bits per heavy atom. The number of hydrogen-bond acceptors (Lipinski definition) is 7. The molecule has 0 aromatic heterocycles. The van der Waals surface area contributed by atoms with Gasteiger partial charge in [-0.3, -0.25) is 4.79 Å². The fraction of sp³-hybridized carbons (Fsp3) is 0.868. The van der Waals surface area contributed by atoms with E-state index in [9.17, 15) is 34.8 Å². The van der Waals surface area contributed by atoms with Crippen LogP contribution in [0.2, 0.25) is 0 Å². The summed E-state index contributed by atoms with van der Waals surface area (Å²) in [5, 5.41) is 0. The molecule has 1 heterocycles. The van der Waals surface area contributed by atoms with Crippen molar-refractivity contribution in [3.63, 3.8) is 0 Å². The molecule has 0 N–H and O–H groups in total. The van der Waals surface area contributed by atoms with Gasteiger partial charge < -0.3 is 9.08 Å². The van der Waals surface area contributed by atoms with E-state index in [1.54, 1.807) is 6.08 Å². The number of ketones is 1. The number of alkyl halides is 3. The lowest BCUT2D eigenvalue weighted by molar-refractivity contribution is -0.227. The maximum atomic E-state index is 14.5. The summed E-state index contributed by atoms with van der Waals surface area (Å²) in [5.41, 5.74) is -5.94. The number of carbonyl (C=O) groups excluding carboxylic acids is 1. The highest BCUT2D eigenvalue weighted by atomic mass is 32.2. The molecule has 0 aromatic rings. The van der Waals surface area contributed by atoms with Crippen molar-refractivity contribution in [1.82, 2.24) is 4.90 Å². The topological polar surface area (TPSA) is 97.8 Å². The van der Waals surface area contributed by atoms with E-state index in [1.807, 2.05) is 13.8 Å². The zero-order valence-corrected chi connectivity index (χ0v) is 32.5. The zero-order chi connectivity index (χ0) is 36.9. The predicted molar refractivity (Wildman–Crippen MR) is 188 cm³/mol. The Hall–Kier alpha value is -1.40. The number of carbonyl (C=O) groups is 1. The molecule has 50 heavy (non-hydrogen) atoms. The van der Waals surface area contributed by atoms with E-state index < -0.39 is 30.9 Å². The third-order valence-electron chi connectivity index (χ3n) is 15.9. The van der Waals surface area contributed by atoms with Crippen LogP contribution in [-0.2, 0) is 28.9 Å². The van der Waals surface area contributed by atoms with Crippen LogP contribution in [0.15, 0.2) is 24.0 Å². The maximum Gasteiger partial charge on any atom is 0.534 e. The highest BCUT2D eigenvalue weighted by Crippen LogP contribution is 2.77. The van der Waals surface area contributed by atoms with Gasteiger partial charge in [-0.1, -0.05) is 46.8 Å². The second-order valence-corrected chi connectivity index (χ2v) is 22.2. The second kappa shape index (κ2) is 12.3. The molecular formula is C38H58F3NO6S2. The molecule has 0 bridgehead atoms. The average Bonchev–Trinajstić information content (AvgIpc) is 3.41. The van der Waals surface area contributed by atoms with E-state index >= 15 is 0 Å². The Morgan fingerprint density at radius 3 is 2.24 bits per heavy atom. The zero-order valence-electron chi connectivity index (χ0n) is 30.8. The number of rotatable bonds is 8. The summed E-state index contributed by atoms with van der Waals surface area (Å²) in [4.78, 5) is 16.7. The number of hydrogen-bond donors (Lipinski definition) is 0. The Labute approximate surface area is 298 Å². The van der Waals surface area contributed by atoms with Gasteiger partial charge in [0.15, 0.2) is 9.84 Å². The summed E-state index contributed by atoms with van der Waals surface area (Å²) >= 11 is 0. The SMILES string of the molecule is C=C(C)[C@@H]1CC[C@]2(C(=O)CCCN3CCS(=O)(=O)CC3)CC[C@]3(C)[C@H](CC[C@@H]4[C@@]5(C)CC=C(OS(=O)(=O)C(F)(F)F)C(C)(C)[C@@H]5CC[C@]43C)[C@@H]12. The van der Waals surface area contributed by atoms with Crippen LogP contribution in [0.25, 0.3) is 0 Å². The highest BCUT2D eigenvalue weighted by molar-refractivity contribution is 7.91. The van der Waals surface area contributed by atoms with E-state index in [-0.39, 0.29) is 62.6 Å². The Kier molecular flexibility index (Phi) is 9.44. The first-order chi connectivity index (χ1) is 23.0. The molecule has 0 spiro atoms. The lowest BCUT2D eigenvalue weighted by Crippen LogP contribution is -2.66. The first kappa shape index (κ1) is 38.3. The molecule has 6 rings (SSSR count). The Bertz CT molecular complexity index is 1640. The van der Waals surface area contributed by atoms with Crippen molar-refractivity contribution >= 4 is 25.7 Å². The summed E-state index contributed by atoms with van der Waals surface area (Å²) in [6.07, 6.45) is 10.6. The molecule has 7 nitrogen and oxygen atoms in total. The van der Waals surface area contributed by atoms with Crippen LogP contribution in [0.5, 0.6) is 0 Å². The number of sulfone groups is 1. The summed E-state index contributed by atoms with van der Waals surface area (Å²) in [6, 6.07) is 0. The summed E-state index contributed by atoms with van der Waals surface area (Å²) in [5.74, 6) is 1.76. The molecule has 0 aromatic carbocycles. The predicted octanol–water partition coefficient (Wildman–Crippen LogP) is 8.08. The van der Waals surface area contributed by atoms with Gasteiger partial charge in [0.2, 0.25) is 0 Å². The van der Waals surface area contributed by atoms with Crippen molar-refractivity contribution < 1.29 is 39.0 Å². The molecule has 5 aliphatic carbocycles. The Balaban J connectivity index is 1.25. The van der Waals surface area contributed by atoms with E-state index in [0.717, 1.165) is 69.9 Å². The molecule has 284 valence electrons. The van der Waals surface area contributed by atoms with Crippen molar-refractivity contribution in [3.05, 3.63) is 24.0 Å². The molecule has 4 saturated carbocycles. The van der Waals surface area contributed by atoms with Crippen LogP contribution < -0.4 is 0 Å². The van der Waals surface area contributed by atoms with Crippen molar-refractivity contribution in [2.75, 3.05) is 31.1 Å². The minimum Gasteiger partial charge on any atom is -0.380 e. The van der Waals surface area contributed by atoms with Crippen molar-refractivity contribution in [1.29, 1.82) is 0 Å². The minimum atomic E-state index is -5.76. The average molecular weight is 746 g/mol. The van der Waals surface area contributed by atoms with Gasteiger partial charge in [-0.15, -0.1) is 0 Å². The summed E-state index contributed by atoms with van der Waals surface area (Å²) in [7, 11) is -8.71. The van der Waals surface area contributed by atoms with Gasteiger partial charge >= 0.3 is 15.6 Å². The molecule has 0 radical (unpaired) electrons. The molecule has 5 fully saturated rings. The third-order valence-corrected chi connectivity index (χ3v) is 18.5. The lowest BCUT2D eigenvalue weighted by atomic mass is 9.32. The second-order valence-electron chi connectivity index (χ2n) is 18.3. The first-order valence-corrected chi connectivity index (χ1v) is 22.0. The number of halogens is 3. The first-order valence-electron chi connectivity index (χ1n) is 18.8. The van der Waals surface area contributed by atoms with Gasteiger partial charge in [0.05, 0.1) is 11.5 Å². The number of allylic oxidation sites excluding steroid dienone is 3. The van der Waals surface area contributed by atoms with E-state index in [2.05, 4.69) is 39.2 Å². The largest absolute Gasteiger partial charge is 0.534 e. The van der Waals surface area contributed by atoms with Crippen molar-refractivity contribution in [2.45, 2.75) is 118 Å². The number of nitrogens with zero attached hydrogens (tertiary/aromatic N) is 1. The molecular weight excluding hydrogens is 688 g/mol. The van der Waals surface area contributed by atoms with E-state index in [0.29, 0.717) is 37.6 Å². The normalized spacial score (nSPS) is 42.7. The highest BCUT2D eigenvalue weighted by Gasteiger charge is 2.71. The molecule has 9 atom stereocenters. The van der Waals surface area contributed by atoms with Gasteiger partial charge in [0.1, 0.15) is 11.5 Å². The maximum absolute atomic E-state index is 14.5. The molecule has 0 unspecified atom stereocenters. The molecule has 1 saturated heterocycles. The van der Waals surface area contributed by atoms with Crippen LogP contribution in [0, 0.1) is 56.7 Å². The fourth-order valence-electron chi connectivity index (χ4n) is 13.2. The van der Waals surface area contributed by atoms with Gasteiger partial charge in [-0.05, 0) is 130 Å². The minimum absolute atomic E-state index is 0.0417. The van der Waals surface area contributed by atoms with Gasteiger partial charge in [-0.25, -0.2) is 8.42 Å². The smallest absolute Gasteiger partial charge is 0.380 e. The molecule has 6 aliphatic rings. The number of fused-ring (bicyclic) bond motifs is 7. The quantitative estimate of drug-likeness (QED) is 0.141. The Morgan fingerprint density at radius 2 is 1.62 bits per heavy atom. The number of Topliss-reactive ketones (excluding diaryl/α,β-unsaturated/α-hetero) is 1. The van der Waals surface area contributed by atoms with Crippen molar-refractivity contribution in [3.8, 4) is 0 Å². The standard InChI is InChI=1S/C38H58F3NO6S2/c1-25(2)26-12-17-37(30(43)9-8-20-42-21-23-49(44,45)24-22-42)19-18-35(6)27(32(26)37)10-11-29-34(5)15-14-31(48-50(46,47)38(39,40)41)33(3,4)28(34)13-16-36(29,35)7/h14,26-29,32H,1,8-13,15-24H2,2-7H3/t26-,27+,28-,29+,32+,34-,35+,36+,37+/m0/s1. The van der Waals surface area contributed by atoms with Gasteiger partial charge in [0, 0.05) is 30.3 Å². The third kappa shape index (κ3) is 5.77. The van der Waals surface area contributed by atoms with E-state index in [1.165, 1.54) is 0 Å². The molecule has 1 aliphatic heterocycles.